The number of nitrogens with one attached hydrogen (secondary N) is 1. The van der Waals surface area contributed by atoms with E-state index in [1.165, 1.54) is 19.3 Å². The molecule has 2 fully saturated rings. The average molecular weight is 209 g/mol. The Hall–Kier alpha value is -0.370. The molecule has 1 saturated carbocycles. The first-order chi connectivity index (χ1) is 7.16. The van der Waals surface area contributed by atoms with Gasteiger partial charge in [0.15, 0.2) is 0 Å². The first-order valence-corrected chi connectivity index (χ1v) is 6.40. The van der Waals surface area contributed by atoms with Crippen LogP contribution in [0.2, 0.25) is 0 Å². The minimum Gasteiger partial charge on any atom is -0.316 e. The van der Waals surface area contributed by atoms with Crippen LogP contribution in [0.25, 0.3) is 0 Å². The molecule has 1 heterocycles. The largest absolute Gasteiger partial charge is 0.316 e. The quantitative estimate of drug-likeness (QED) is 0.717. The van der Waals surface area contributed by atoms with Crippen molar-refractivity contribution in [3.05, 3.63) is 0 Å². The molecule has 2 nitrogen and oxygen atoms in total. The summed E-state index contributed by atoms with van der Waals surface area (Å²) in [6.07, 6.45) is 4.64. The predicted octanol–water partition coefficient (Wildman–Crippen LogP) is 2.24. The van der Waals surface area contributed by atoms with Crippen LogP contribution in [-0.2, 0) is 4.79 Å². The lowest BCUT2D eigenvalue weighted by Crippen LogP contribution is -2.42. The van der Waals surface area contributed by atoms with Gasteiger partial charge < -0.3 is 5.32 Å². The van der Waals surface area contributed by atoms with Crippen molar-refractivity contribution in [2.24, 2.45) is 23.7 Å². The third-order valence-electron chi connectivity index (χ3n) is 4.11. The van der Waals surface area contributed by atoms with Crippen LogP contribution in [0.3, 0.4) is 0 Å². The molecule has 0 aromatic heterocycles. The fraction of sp³-hybridized carbons (Fsp3) is 0.923. The Labute approximate surface area is 92.8 Å². The Kier molecular flexibility index (Phi) is 3.45. The van der Waals surface area contributed by atoms with Gasteiger partial charge in [0.25, 0.3) is 0 Å². The summed E-state index contributed by atoms with van der Waals surface area (Å²) in [7, 11) is 0. The zero-order chi connectivity index (χ0) is 10.8. The van der Waals surface area contributed by atoms with E-state index in [-0.39, 0.29) is 0 Å². The molecule has 1 aliphatic heterocycles. The monoisotopic (exact) mass is 209 g/mol. The molecule has 15 heavy (non-hydrogen) atoms. The molecule has 86 valence electrons. The molecule has 0 radical (unpaired) electrons. The van der Waals surface area contributed by atoms with Crippen molar-refractivity contribution >= 4 is 5.78 Å². The number of rotatable bonds is 1. The maximum absolute atomic E-state index is 11.9. The van der Waals surface area contributed by atoms with Crippen molar-refractivity contribution in [3.8, 4) is 0 Å². The van der Waals surface area contributed by atoms with Crippen molar-refractivity contribution in [1.29, 1.82) is 0 Å². The summed E-state index contributed by atoms with van der Waals surface area (Å²) in [5.41, 5.74) is 0. The molecule has 0 spiro atoms. The highest BCUT2D eigenvalue weighted by molar-refractivity contribution is 5.82. The lowest BCUT2D eigenvalue weighted by atomic mass is 9.69. The standard InChI is InChI=1S/C13H23NO/c1-9-5-10(2)7-11(6-9)12-8-14-4-3-13(12)15/h9-12,14H,3-8H2,1-2H3. The van der Waals surface area contributed by atoms with Crippen LogP contribution in [0.15, 0.2) is 0 Å². The summed E-state index contributed by atoms with van der Waals surface area (Å²) in [6.45, 7) is 6.50. The molecule has 3 unspecified atom stereocenters. The number of carbonyl (C=O) groups excluding carboxylic acids is 1. The Morgan fingerprint density at radius 2 is 1.80 bits per heavy atom. The van der Waals surface area contributed by atoms with E-state index in [1.807, 2.05) is 0 Å². The van der Waals surface area contributed by atoms with Gasteiger partial charge in [-0.15, -0.1) is 0 Å². The topological polar surface area (TPSA) is 29.1 Å². The third-order valence-corrected chi connectivity index (χ3v) is 4.11. The highest BCUT2D eigenvalue weighted by Gasteiger charge is 2.34. The van der Waals surface area contributed by atoms with E-state index in [2.05, 4.69) is 19.2 Å². The van der Waals surface area contributed by atoms with Crippen molar-refractivity contribution in [1.82, 2.24) is 5.32 Å². The second-order valence-corrected chi connectivity index (χ2v) is 5.70. The summed E-state index contributed by atoms with van der Waals surface area (Å²) < 4.78 is 0. The van der Waals surface area contributed by atoms with Crippen LogP contribution in [0.4, 0.5) is 0 Å². The summed E-state index contributed by atoms with van der Waals surface area (Å²) in [4.78, 5) is 11.9. The molecule has 1 aliphatic carbocycles. The lowest BCUT2D eigenvalue weighted by molar-refractivity contribution is -0.126. The van der Waals surface area contributed by atoms with Crippen molar-refractivity contribution < 1.29 is 4.79 Å². The predicted molar refractivity (Wildman–Crippen MR) is 61.7 cm³/mol. The minimum atomic E-state index is 0.323. The molecular weight excluding hydrogens is 186 g/mol. The Morgan fingerprint density at radius 1 is 1.13 bits per heavy atom. The molecule has 3 atom stereocenters. The van der Waals surface area contributed by atoms with Gasteiger partial charge in [-0.3, -0.25) is 4.79 Å². The van der Waals surface area contributed by atoms with Crippen molar-refractivity contribution in [3.63, 3.8) is 0 Å². The van der Waals surface area contributed by atoms with Gasteiger partial charge in [0, 0.05) is 25.4 Å². The maximum atomic E-state index is 11.9. The smallest absolute Gasteiger partial charge is 0.138 e. The van der Waals surface area contributed by atoms with Crippen LogP contribution in [0, 0.1) is 23.7 Å². The van der Waals surface area contributed by atoms with Gasteiger partial charge in [-0.1, -0.05) is 13.8 Å². The van der Waals surface area contributed by atoms with Gasteiger partial charge in [-0.2, -0.15) is 0 Å². The number of hydrogen-bond donors (Lipinski definition) is 1. The first-order valence-electron chi connectivity index (χ1n) is 6.40. The number of ketones is 1. The minimum absolute atomic E-state index is 0.323. The van der Waals surface area contributed by atoms with Crippen LogP contribution < -0.4 is 5.32 Å². The average Bonchev–Trinajstić information content (AvgIpc) is 2.16. The molecule has 0 aromatic rings. The maximum Gasteiger partial charge on any atom is 0.138 e. The summed E-state index contributed by atoms with van der Waals surface area (Å²) in [5, 5.41) is 3.37. The van der Waals surface area contributed by atoms with E-state index in [1.54, 1.807) is 0 Å². The second-order valence-electron chi connectivity index (χ2n) is 5.70. The molecule has 2 heteroatoms. The van der Waals surface area contributed by atoms with Crippen LogP contribution in [0.5, 0.6) is 0 Å². The summed E-state index contributed by atoms with van der Waals surface area (Å²) in [5.74, 6) is 3.12. The van der Waals surface area contributed by atoms with Crippen LogP contribution in [-0.4, -0.2) is 18.9 Å². The third kappa shape index (κ3) is 2.60. The lowest BCUT2D eigenvalue weighted by Gasteiger charge is -2.37. The number of carbonyl (C=O) groups is 1. The molecule has 0 amide bonds. The molecule has 0 aromatic carbocycles. The summed E-state index contributed by atoms with van der Waals surface area (Å²) in [6, 6.07) is 0. The van der Waals surface area contributed by atoms with Gasteiger partial charge in [0.2, 0.25) is 0 Å². The first kappa shape index (κ1) is 11.1. The van der Waals surface area contributed by atoms with Gasteiger partial charge in [-0.25, -0.2) is 0 Å². The SMILES string of the molecule is CC1CC(C)CC(C2CNCCC2=O)C1. The van der Waals surface area contributed by atoms with Crippen LogP contribution in [0.1, 0.15) is 39.5 Å². The van der Waals surface area contributed by atoms with E-state index >= 15 is 0 Å². The Balaban J connectivity index is 1.99. The molecule has 2 rings (SSSR count). The molecular formula is C13H23NO. The van der Waals surface area contributed by atoms with E-state index < -0.39 is 0 Å². The Morgan fingerprint density at radius 3 is 2.40 bits per heavy atom. The number of piperidine rings is 1. The highest BCUT2D eigenvalue weighted by atomic mass is 16.1. The second kappa shape index (κ2) is 4.65. The van der Waals surface area contributed by atoms with E-state index in [0.29, 0.717) is 17.6 Å². The fourth-order valence-corrected chi connectivity index (χ4v) is 3.54. The number of Topliss-reactive ketones (excluding diaryl/α,β-unsaturated/α-hetero) is 1. The zero-order valence-corrected chi connectivity index (χ0v) is 9.96. The zero-order valence-electron chi connectivity index (χ0n) is 9.96. The number of hydrogen-bond acceptors (Lipinski definition) is 2. The van der Waals surface area contributed by atoms with Crippen molar-refractivity contribution in [2.45, 2.75) is 39.5 Å². The van der Waals surface area contributed by atoms with Crippen molar-refractivity contribution in [2.75, 3.05) is 13.1 Å². The molecule has 2 aliphatic rings. The van der Waals surface area contributed by atoms with E-state index in [9.17, 15) is 4.79 Å². The van der Waals surface area contributed by atoms with Crippen LogP contribution >= 0.6 is 0 Å². The van der Waals surface area contributed by atoms with E-state index in [4.69, 9.17) is 0 Å². The highest BCUT2D eigenvalue weighted by Crippen LogP contribution is 2.37. The van der Waals surface area contributed by atoms with Gasteiger partial charge in [-0.05, 0) is 37.0 Å². The molecule has 0 bridgehead atoms. The molecule has 1 N–H and O–H groups in total. The van der Waals surface area contributed by atoms with Gasteiger partial charge in [0.1, 0.15) is 5.78 Å². The fourth-order valence-electron chi connectivity index (χ4n) is 3.54. The summed E-state index contributed by atoms with van der Waals surface area (Å²) >= 11 is 0. The van der Waals surface area contributed by atoms with E-state index in [0.717, 1.165) is 31.3 Å². The van der Waals surface area contributed by atoms with Gasteiger partial charge >= 0.3 is 0 Å². The Bertz CT molecular complexity index is 229. The normalized spacial score (nSPS) is 42.9. The van der Waals surface area contributed by atoms with Gasteiger partial charge in [0.05, 0.1) is 0 Å². The molecule has 1 saturated heterocycles.